The fourth-order valence-corrected chi connectivity index (χ4v) is 4.61. The molecule has 0 saturated heterocycles. The Hall–Kier alpha value is -2.91. The Morgan fingerprint density at radius 1 is 0.781 bits per heavy atom. The highest BCUT2D eigenvalue weighted by atomic mass is 16.5. The van der Waals surface area contributed by atoms with Crippen LogP contribution in [0.2, 0.25) is 0 Å². The van der Waals surface area contributed by atoms with E-state index >= 15 is 0 Å². The van der Waals surface area contributed by atoms with Gasteiger partial charge in [-0.15, -0.1) is 0 Å². The molecule has 32 heavy (non-hydrogen) atoms. The van der Waals surface area contributed by atoms with E-state index in [1.807, 2.05) is 30.3 Å². The molecule has 0 bridgehead atoms. The highest BCUT2D eigenvalue weighted by Gasteiger charge is 2.25. The molecule has 0 N–H and O–H groups in total. The molecule has 3 heteroatoms. The molecule has 1 fully saturated rings. The second-order valence-electron chi connectivity index (χ2n) is 9.18. The summed E-state index contributed by atoms with van der Waals surface area (Å²) in [6, 6.07) is 27.5. The molecule has 1 aliphatic carbocycles. The number of carbonyl (C=O) groups excluding carboxylic acids is 1. The Balaban J connectivity index is 1.24. The zero-order valence-electron chi connectivity index (χ0n) is 19.2. The van der Waals surface area contributed by atoms with Gasteiger partial charge in [0, 0.05) is 6.54 Å². The van der Waals surface area contributed by atoms with E-state index in [0.29, 0.717) is 12.3 Å². The van der Waals surface area contributed by atoms with Gasteiger partial charge in [-0.25, -0.2) is 0 Å². The van der Waals surface area contributed by atoms with Gasteiger partial charge in [-0.1, -0.05) is 78.9 Å². The van der Waals surface area contributed by atoms with Gasteiger partial charge in [0.15, 0.2) is 0 Å². The molecule has 166 valence electrons. The van der Waals surface area contributed by atoms with E-state index in [1.54, 1.807) is 0 Å². The molecule has 3 aromatic carbocycles. The van der Waals surface area contributed by atoms with Crippen LogP contribution in [0, 0.1) is 0 Å². The third-order valence-corrected chi connectivity index (χ3v) is 6.33. The molecule has 0 aliphatic heterocycles. The maximum atomic E-state index is 12.5. The standard InChI is InChI=1S/C29H33NO2/c1-30(2)21-23-10-14-26(15-11-23)27-16-18-28(19-17-27)32-29(31)20-22-8-12-25(13-9-22)24-6-4-3-5-7-24/h3-15,27-28H,16-21H2,1-2H3. The van der Waals surface area contributed by atoms with Crippen molar-refractivity contribution in [1.82, 2.24) is 4.90 Å². The van der Waals surface area contributed by atoms with Crippen LogP contribution in [0.15, 0.2) is 78.9 Å². The Morgan fingerprint density at radius 3 is 2.00 bits per heavy atom. The zero-order valence-corrected chi connectivity index (χ0v) is 19.2. The minimum absolute atomic E-state index is 0.0513. The average molecular weight is 428 g/mol. The lowest BCUT2D eigenvalue weighted by Crippen LogP contribution is -2.24. The van der Waals surface area contributed by atoms with E-state index in [4.69, 9.17) is 4.74 Å². The zero-order chi connectivity index (χ0) is 22.3. The van der Waals surface area contributed by atoms with Crippen molar-refractivity contribution in [2.75, 3.05) is 14.1 Å². The molecule has 0 atom stereocenters. The van der Waals surface area contributed by atoms with Crippen molar-refractivity contribution in [2.45, 2.75) is 50.7 Å². The first-order valence-electron chi connectivity index (χ1n) is 11.6. The minimum Gasteiger partial charge on any atom is -0.462 e. The molecular formula is C29H33NO2. The summed E-state index contributed by atoms with van der Waals surface area (Å²) in [5.74, 6) is 0.456. The highest BCUT2D eigenvalue weighted by molar-refractivity contribution is 5.73. The lowest BCUT2D eigenvalue weighted by atomic mass is 9.82. The maximum Gasteiger partial charge on any atom is 0.310 e. The number of esters is 1. The van der Waals surface area contributed by atoms with Gasteiger partial charge in [0.25, 0.3) is 0 Å². The summed E-state index contributed by atoms with van der Waals surface area (Å²) in [5.41, 5.74) is 6.11. The smallest absolute Gasteiger partial charge is 0.310 e. The molecule has 3 nitrogen and oxygen atoms in total. The van der Waals surface area contributed by atoms with Crippen LogP contribution in [0.4, 0.5) is 0 Å². The summed E-state index contributed by atoms with van der Waals surface area (Å²) in [7, 11) is 4.19. The van der Waals surface area contributed by atoms with E-state index < -0.39 is 0 Å². The van der Waals surface area contributed by atoms with Gasteiger partial charge in [-0.3, -0.25) is 4.79 Å². The van der Waals surface area contributed by atoms with Crippen LogP contribution in [0.1, 0.15) is 48.3 Å². The van der Waals surface area contributed by atoms with Crippen LogP contribution in [0.5, 0.6) is 0 Å². The van der Waals surface area contributed by atoms with Crippen LogP contribution >= 0.6 is 0 Å². The fourth-order valence-electron chi connectivity index (χ4n) is 4.61. The first kappa shape index (κ1) is 22.3. The van der Waals surface area contributed by atoms with Crippen LogP contribution < -0.4 is 0 Å². The summed E-state index contributed by atoms with van der Waals surface area (Å²) < 4.78 is 5.81. The van der Waals surface area contributed by atoms with Crippen molar-refractivity contribution in [3.8, 4) is 11.1 Å². The average Bonchev–Trinajstić information content (AvgIpc) is 2.81. The van der Waals surface area contributed by atoms with Crippen LogP contribution in [0.25, 0.3) is 11.1 Å². The second kappa shape index (κ2) is 10.6. The van der Waals surface area contributed by atoms with E-state index in [1.165, 1.54) is 16.7 Å². The van der Waals surface area contributed by atoms with Gasteiger partial charge >= 0.3 is 5.97 Å². The molecule has 0 amide bonds. The summed E-state index contributed by atoms with van der Waals surface area (Å²) >= 11 is 0. The largest absolute Gasteiger partial charge is 0.462 e. The van der Waals surface area contributed by atoms with Gasteiger partial charge in [0.1, 0.15) is 6.10 Å². The van der Waals surface area contributed by atoms with Crippen LogP contribution in [-0.4, -0.2) is 31.1 Å². The van der Waals surface area contributed by atoms with E-state index in [-0.39, 0.29) is 12.1 Å². The molecule has 0 spiro atoms. The molecule has 1 saturated carbocycles. The summed E-state index contributed by atoms with van der Waals surface area (Å²) in [4.78, 5) is 14.7. The van der Waals surface area contributed by atoms with Crippen LogP contribution in [0.3, 0.4) is 0 Å². The first-order chi connectivity index (χ1) is 15.6. The Kier molecular flexibility index (Phi) is 7.39. The van der Waals surface area contributed by atoms with Crippen molar-refractivity contribution in [3.63, 3.8) is 0 Å². The molecule has 0 unspecified atom stereocenters. The predicted octanol–water partition coefficient (Wildman–Crippen LogP) is 6.23. The maximum absolute atomic E-state index is 12.5. The lowest BCUT2D eigenvalue weighted by Gasteiger charge is -2.28. The third kappa shape index (κ3) is 6.08. The van der Waals surface area contributed by atoms with Gasteiger partial charge in [0.05, 0.1) is 6.42 Å². The molecule has 3 aromatic rings. The van der Waals surface area contributed by atoms with Crippen molar-refractivity contribution in [1.29, 1.82) is 0 Å². The first-order valence-corrected chi connectivity index (χ1v) is 11.6. The van der Waals surface area contributed by atoms with E-state index in [2.05, 4.69) is 67.5 Å². The normalized spacial score (nSPS) is 18.5. The van der Waals surface area contributed by atoms with E-state index in [9.17, 15) is 4.79 Å². The summed E-state index contributed by atoms with van der Waals surface area (Å²) in [6.07, 6.45) is 4.44. The molecule has 0 radical (unpaired) electrons. The van der Waals surface area contributed by atoms with Gasteiger partial charge < -0.3 is 9.64 Å². The van der Waals surface area contributed by atoms with Crippen molar-refractivity contribution < 1.29 is 9.53 Å². The highest BCUT2D eigenvalue weighted by Crippen LogP contribution is 2.34. The number of nitrogens with zero attached hydrogens (tertiary/aromatic N) is 1. The summed E-state index contributed by atoms with van der Waals surface area (Å²) in [6.45, 7) is 0.970. The van der Waals surface area contributed by atoms with Gasteiger partial charge in [-0.05, 0) is 73.5 Å². The predicted molar refractivity (Wildman–Crippen MR) is 131 cm³/mol. The van der Waals surface area contributed by atoms with E-state index in [0.717, 1.165) is 43.4 Å². The van der Waals surface area contributed by atoms with Crippen molar-refractivity contribution in [2.24, 2.45) is 0 Å². The number of carbonyl (C=O) groups is 1. The number of hydrogen-bond donors (Lipinski definition) is 0. The molecule has 4 rings (SSSR count). The SMILES string of the molecule is CN(C)Cc1ccc(C2CCC(OC(=O)Cc3ccc(-c4ccccc4)cc3)CC2)cc1. The lowest BCUT2D eigenvalue weighted by molar-refractivity contribution is -0.149. The van der Waals surface area contributed by atoms with Gasteiger partial charge in [0.2, 0.25) is 0 Å². The second-order valence-corrected chi connectivity index (χ2v) is 9.18. The Labute approximate surface area is 192 Å². The van der Waals surface area contributed by atoms with Crippen molar-refractivity contribution >= 4 is 5.97 Å². The molecule has 0 aromatic heterocycles. The number of ether oxygens (including phenoxy) is 1. The minimum atomic E-state index is -0.117. The van der Waals surface area contributed by atoms with Crippen LogP contribution in [-0.2, 0) is 22.5 Å². The summed E-state index contributed by atoms with van der Waals surface area (Å²) in [5, 5.41) is 0. The Morgan fingerprint density at radius 2 is 1.38 bits per heavy atom. The topological polar surface area (TPSA) is 29.5 Å². The Bertz CT molecular complexity index is 986. The molecular weight excluding hydrogens is 394 g/mol. The fraction of sp³-hybridized carbons (Fsp3) is 0.345. The monoisotopic (exact) mass is 427 g/mol. The third-order valence-electron chi connectivity index (χ3n) is 6.33. The number of benzene rings is 3. The molecule has 1 aliphatic rings. The van der Waals surface area contributed by atoms with Gasteiger partial charge in [-0.2, -0.15) is 0 Å². The number of rotatable bonds is 7. The molecule has 0 heterocycles. The number of hydrogen-bond acceptors (Lipinski definition) is 3. The van der Waals surface area contributed by atoms with Crippen molar-refractivity contribution in [3.05, 3.63) is 95.6 Å². The quantitative estimate of drug-likeness (QED) is 0.419.